The molecule has 0 bridgehead atoms. The molecule has 4 heavy (non-hydrogen) atoms. The van der Waals surface area contributed by atoms with E-state index in [4.69, 9.17) is 0 Å². The summed E-state index contributed by atoms with van der Waals surface area (Å²) in [5, 5.41) is 0. The van der Waals surface area contributed by atoms with Gasteiger partial charge in [0.2, 0.25) is 0 Å². The predicted molar refractivity (Wildman–Crippen MR) is 24.2 cm³/mol. The highest BCUT2D eigenvalue weighted by Gasteiger charge is 1.76. The van der Waals surface area contributed by atoms with Crippen LogP contribution in [-0.4, -0.2) is 20.5 Å². The smallest absolute Gasteiger partial charge is 0.0951 e. The molecule has 0 saturated carbocycles. The van der Waals surface area contributed by atoms with Crippen molar-refractivity contribution in [2.45, 2.75) is 0 Å². The van der Waals surface area contributed by atoms with Crippen molar-refractivity contribution in [1.82, 2.24) is 0 Å². The minimum absolute atomic E-state index is 0.194. The molecule has 1 radical (unpaired) electrons. The topological polar surface area (TPSA) is 0 Å². The van der Waals surface area contributed by atoms with Gasteiger partial charge in [0.25, 0.3) is 0 Å². The van der Waals surface area contributed by atoms with Crippen molar-refractivity contribution in [2.75, 3.05) is 0 Å². The Morgan fingerprint density at radius 1 is 1.50 bits per heavy atom. The molecule has 0 N–H and O–H groups in total. The third-order valence-electron chi connectivity index (χ3n) is 0. The van der Waals surface area contributed by atoms with Crippen LogP contribution in [0.25, 0.3) is 0 Å². The summed E-state index contributed by atoms with van der Waals surface area (Å²) in [6.45, 7) is 0. The third kappa shape index (κ3) is 33.2. The van der Waals surface area contributed by atoms with Gasteiger partial charge < -0.3 is 0 Å². The quantitative estimate of drug-likeness (QED) is 0.308. The fourth-order valence-corrected chi connectivity index (χ4v) is 0. The Labute approximate surface area is 31.2 Å². The lowest BCUT2D eigenvalue weighted by Crippen LogP contribution is -1.79. The number of hydrogen-bond donors (Lipinski definition) is 0. The summed E-state index contributed by atoms with van der Waals surface area (Å²) in [5.41, 5.74) is 0.194. The van der Waals surface area contributed by atoms with Gasteiger partial charge in [-0.1, -0.05) is 0 Å². The van der Waals surface area contributed by atoms with Crippen LogP contribution in [0.2, 0.25) is 0 Å². The summed E-state index contributed by atoms with van der Waals surface area (Å²) in [4.78, 5) is 0. The summed E-state index contributed by atoms with van der Waals surface area (Å²) in [7, 11) is 1.32. The van der Waals surface area contributed by atoms with Crippen molar-refractivity contribution in [1.29, 1.82) is 0 Å². The van der Waals surface area contributed by atoms with E-state index in [1.807, 2.05) is 0 Å². The van der Waals surface area contributed by atoms with E-state index in [0.29, 0.717) is 20.5 Å². The van der Waals surface area contributed by atoms with E-state index >= 15 is 0 Å². The Bertz CT molecular complexity index is 10.8. The molecular weight excluding hydrogens is 87.2 g/mol. The Kier molecular flexibility index (Phi) is 1.81. The Balaban J connectivity index is 2.32. The minimum atomic E-state index is 0.194. The van der Waals surface area contributed by atoms with Crippen LogP contribution in [0.1, 0.15) is 0 Å². The minimum Gasteiger partial charge on any atom is -0.251 e. The van der Waals surface area contributed by atoms with E-state index in [-0.39, 0.29) is 5.42 Å². The van der Waals surface area contributed by atoms with E-state index in [1.54, 1.807) is 0 Å². The van der Waals surface area contributed by atoms with Crippen LogP contribution < -0.4 is 0 Å². The molecule has 0 amide bonds. The highest BCUT2D eigenvalue weighted by atomic mass is 28.2. The Morgan fingerprint density at radius 3 is 1.50 bits per heavy atom. The van der Waals surface area contributed by atoms with Gasteiger partial charge in [-0.3, -0.25) is 4.39 Å². The van der Waals surface area contributed by atoms with Gasteiger partial charge in [-0.25, -0.2) is 0 Å². The molecule has 0 rings (SSSR count). The molecule has 0 aromatic rings. The highest BCUT2D eigenvalue weighted by Crippen LogP contribution is 1.76. The maximum absolute atomic E-state index is 11.0. The molecular formula is CH6FSi2. The van der Waals surface area contributed by atoms with Crippen molar-refractivity contribution >= 4 is 20.5 Å². The predicted octanol–water partition coefficient (Wildman–Crippen LogP) is -1.87. The molecule has 0 saturated heterocycles. The number of rotatable bonds is 0. The standard InChI is InChI=1S/CH6FSi2/c2-1(3)4/h3-4H3. The average Bonchev–Trinajstić information content (AvgIpc) is 0.811. The molecule has 0 aliphatic heterocycles. The normalized spacial score (nSPS) is 10.5. The fraction of sp³-hybridized carbons (Fsp3) is 0. The van der Waals surface area contributed by atoms with Crippen molar-refractivity contribution in [2.24, 2.45) is 0 Å². The second-order valence-corrected chi connectivity index (χ2v) is 5.63. The van der Waals surface area contributed by atoms with Gasteiger partial charge in [0.1, 0.15) is 0 Å². The lowest BCUT2D eigenvalue weighted by atomic mass is 11.8. The second kappa shape index (κ2) is 1.66. The van der Waals surface area contributed by atoms with Gasteiger partial charge >= 0.3 is 0 Å². The van der Waals surface area contributed by atoms with Crippen LogP contribution in [-0.2, 0) is 0 Å². The zero-order valence-electron chi connectivity index (χ0n) is 2.88. The van der Waals surface area contributed by atoms with Crippen molar-refractivity contribution < 1.29 is 4.39 Å². The highest BCUT2D eigenvalue weighted by molar-refractivity contribution is 6.42. The molecule has 0 aromatic carbocycles. The summed E-state index contributed by atoms with van der Waals surface area (Å²) in [6.07, 6.45) is 0. The van der Waals surface area contributed by atoms with E-state index < -0.39 is 0 Å². The van der Waals surface area contributed by atoms with Crippen molar-refractivity contribution in [3.05, 3.63) is 5.42 Å². The van der Waals surface area contributed by atoms with E-state index in [1.165, 1.54) is 0 Å². The lowest BCUT2D eigenvalue weighted by molar-refractivity contribution is 0.653. The Hall–Kier alpha value is 0.364. The largest absolute Gasteiger partial charge is 0.251 e. The fourth-order valence-electron chi connectivity index (χ4n) is 0. The van der Waals surface area contributed by atoms with Gasteiger partial charge in [0, 0.05) is 20.5 Å². The van der Waals surface area contributed by atoms with Crippen LogP contribution in [0, 0.1) is 5.42 Å². The maximum Gasteiger partial charge on any atom is 0.0951 e. The van der Waals surface area contributed by atoms with E-state index in [9.17, 15) is 4.39 Å². The molecule has 3 heteroatoms. The molecule has 0 aliphatic rings. The molecule has 0 atom stereocenters. The van der Waals surface area contributed by atoms with Gasteiger partial charge in [-0.2, -0.15) is 0 Å². The average molecular weight is 93.2 g/mol. The first kappa shape index (κ1) is 4.36. The summed E-state index contributed by atoms with van der Waals surface area (Å²) in [5.74, 6) is 0. The Morgan fingerprint density at radius 2 is 1.50 bits per heavy atom. The summed E-state index contributed by atoms with van der Waals surface area (Å²) >= 11 is 0. The molecule has 0 spiro atoms. The molecule has 25 valence electrons. The zero-order chi connectivity index (χ0) is 3.58. The molecule has 0 aromatic heterocycles. The van der Waals surface area contributed by atoms with Crippen LogP contribution in [0.15, 0.2) is 0 Å². The summed E-state index contributed by atoms with van der Waals surface area (Å²) in [6, 6.07) is 0. The SMILES string of the molecule is F[C]([SiH3])[SiH3]. The second-order valence-electron chi connectivity index (χ2n) is 0.878. The van der Waals surface area contributed by atoms with Crippen LogP contribution in [0.3, 0.4) is 0 Å². The van der Waals surface area contributed by atoms with Gasteiger partial charge in [-0.15, -0.1) is 0 Å². The number of hydrogen-bond acceptors (Lipinski definition) is 0. The first-order valence-corrected chi connectivity index (χ1v) is 3.19. The monoisotopic (exact) mass is 93.0 g/mol. The first-order valence-electron chi connectivity index (χ1n) is 1.19. The summed E-state index contributed by atoms with van der Waals surface area (Å²) < 4.78 is 11.0. The van der Waals surface area contributed by atoms with E-state index in [2.05, 4.69) is 0 Å². The molecule has 0 nitrogen and oxygen atoms in total. The lowest BCUT2D eigenvalue weighted by Gasteiger charge is -1.72. The molecule has 0 aliphatic carbocycles. The van der Waals surface area contributed by atoms with Gasteiger partial charge in [0.05, 0.1) is 5.42 Å². The zero-order valence-corrected chi connectivity index (χ0v) is 6.88. The van der Waals surface area contributed by atoms with Crippen LogP contribution in [0.4, 0.5) is 4.39 Å². The molecule has 0 unspecified atom stereocenters. The van der Waals surface area contributed by atoms with Gasteiger partial charge in [0.15, 0.2) is 0 Å². The third-order valence-corrected chi connectivity index (χ3v) is 0. The van der Waals surface area contributed by atoms with Crippen molar-refractivity contribution in [3.63, 3.8) is 0 Å². The first-order chi connectivity index (χ1) is 1.73. The molecule has 0 heterocycles. The van der Waals surface area contributed by atoms with Crippen LogP contribution >= 0.6 is 0 Å². The number of halogens is 1. The molecule has 0 fully saturated rings. The van der Waals surface area contributed by atoms with Crippen molar-refractivity contribution in [3.8, 4) is 0 Å². The maximum atomic E-state index is 11.0. The van der Waals surface area contributed by atoms with E-state index in [0.717, 1.165) is 0 Å². The van der Waals surface area contributed by atoms with Gasteiger partial charge in [-0.05, 0) is 0 Å². The van der Waals surface area contributed by atoms with Crippen LogP contribution in [0.5, 0.6) is 0 Å².